The van der Waals surface area contributed by atoms with Crippen molar-refractivity contribution < 1.29 is 9.59 Å². The summed E-state index contributed by atoms with van der Waals surface area (Å²) in [6.45, 7) is 0.724. The number of aryl methyl sites for hydroxylation is 1. The molecule has 0 radical (unpaired) electrons. The fraction of sp³-hybridized carbons (Fsp3) is 0.357. The number of rotatable bonds is 3. The van der Waals surface area contributed by atoms with E-state index in [2.05, 4.69) is 5.10 Å². The van der Waals surface area contributed by atoms with Gasteiger partial charge in [-0.05, 0) is 25.0 Å². The fourth-order valence-electron chi connectivity index (χ4n) is 2.70. The molecule has 6 nitrogen and oxygen atoms in total. The van der Waals surface area contributed by atoms with Crippen LogP contribution in [0.4, 0.5) is 0 Å². The van der Waals surface area contributed by atoms with Crippen LogP contribution in [-0.4, -0.2) is 33.0 Å². The molecule has 0 bridgehead atoms. The molecule has 1 aliphatic heterocycles. The van der Waals surface area contributed by atoms with Crippen LogP contribution in [0.25, 0.3) is 0 Å². The first kappa shape index (κ1) is 13.8. The van der Waals surface area contributed by atoms with Gasteiger partial charge in [0.25, 0.3) is 11.8 Å². The number of nitrogens with zero attached hydrogens (tertiary/aromatic N) is 3. The second-order valence-electron chi connectivity index (χ2n) is 5.13. The zero-order valence-corrected chi connectivity index (χ0v) is 12.5. The van der Waals surface area contributed by atoms with Gasteiger partial charge in [-0.25, -0.2) is 0 Å². The minimum Gasteiger partial charge on any atom is -0.365 e. The van der Waals surface area contributed by atoms with E-state index in [1.165, 1.54) is 0 Å². The smallest absolute Gasteiger partial charge is 0.264 e. The Labute approximate surface area is 126 Å². The van der Waals surface area contributed by atoms with Crippen LogP contribution in [0.1, 0.15) is 43.8 Å². The van der Waals surface area contributed by atoms with Gasteiger partial charge in [-0.1, -0.05) is 0 Å². The maximum atomic E-state index is 12.6. The summed E-state index contributed by atoms with van der Waals surface area (Å²) in [6.07, 6.45) is 5.66. The molecule has 1 atom stereocenters. The molecule has 2 aromatic rings. The van der Waals surface area contributed by atoms with E-state index >= 15 is 0 Å². The summed E-state index contributed by atoms with van der Waals surface area (Å²) in [4.78, 5) is 26.6. The Kier molecular flexibility index (Phi) is 3.50. The lowest BCUT2D eigenvalue weighted by atomic mass is 10.1. The number of carbonyl (C=O) groups excluding carboxylic acids is 2. The Hall–Kier alpha value is -2.15. The summed E-state index contributed by atoms with van der Waals surface area (Å²) in [5, 5.41) is 4.18. The molecule has 1 fully saturated rings. The molecule has 0 unspecified atom stereocenters. The monoisotopic (exact) mass is 304 g/mol. The van der Waals surface area contributed by atoms with Crippen LogP contribution in [0, 0.1) is 0 Å². The van der Waals surface area contributed by atoms with Crippen molar-refractivity contribution in [1.29, 1.82) is 0 Å². The van der Waals surface area contributed by atoms with Crippen molar-refractivity contribution in [1.82, 2.24) is 14.7 Å². The number of carbonyl (C=O) groups is 2. The fourth-order valence-corrected chi connectivity index (χ4v) is 3.51. The molecular formula is C14H16N4O2S. The normalized spacial score (nSPS) is 18.1. The summed E-state index contributed by atoms with van der Waals surface area (Å²) < 4.78 is 1.74. The van der Waals surface area contributed by atoms with Crippen molar-refractivity contribution >= 4 is 23.2 Å². The van der Waals surface area contributed by atoms with E-state index in [0.29, 0.717) is 9.75 Å². The number of amides is 2. The van der Waals surface area contributed by atoms with Crippen molar-refractivity contribution in [2.75, 3.05) is 6.54 Å². The number of aromatic nitrogens is 2. The summed E-state index contributed by atoms with van der Waals surface area (Å²) in [5.74, 6) is -0.539. The van der Waals surface area contributed by atoms with E-state index in [0.717, 1.165) is 36.3 Å². The predicted molar refractivity (Wildman–Crippen MR) is 79.1 cm³/mol. The van der Waals surface area contributed by atoms with Crippen LogP contribution in [0.3, 0.4) is 0 Å². The topological polar surface area (TPSA) is 81.2 Å². The van der Waals surface area contributed by atoms with Gasteiger partial charge >= 0.3 is 0 Å². The van der Waals surface area contributed by atoms with Gasteiger partial charge < -0.3 is 10.6 Å². The highest BCUT2D eigenvalue weighted by Crippen LogP contribution is 2.33. The van der Waals surface area contributed by atoms with Crippen LogP contribution in [0.5, 0.6) is 0 Å². The van der Waals surface area contributed by atoms with E-state index in [9.17, 15) is 9.59 Å². The van der Waals surface area contributed by atoms with Crippen LogP contribution in [0.2, 0.25) is 0 Å². The van der Waals surface area contributed by atoms with Crippen LogP contribution in [0.15, 0.2) is 24.5 Å². The molecule has 3 heterocycles. The lowest BCUT2D eigenvalue weighted by molar-refractivity contribution is 0.0740. The number of thiophene rings is 1. The molecule has 2 N–H and O–H groups in total. The first-order chi connectivity index (χ1) is 10.1. The Morgan fingerprint density at radius 3 is 2.76 bits per heavy atom. The number of hydrogen-bond acceptors (Lipinski definition) is 4. The Morgan fingerprint density at radius 2 is 2.14 bits per heavy atom. The average Bonchev–Trinajstić information content (AvgIpc) is 3.17. The van der Waals surface area contributed by atoms with E-state index in [1.807, 2.05) is 18.1 Å². The quantitative estimate of drug-likeness (QED) is 0.934. The molecule has 2 amide bonds. The van der Waals surface area contributed by atoms with E-state index < -0.39 is 5.91 Å². The summed E-state index contributed by atoms with van der Waals surface area (Å²) >= 11 is 1.15. The summed E-state index contributed by atoms with van der Waals surface area (Å²) in [5.41, 5.74) is 6.29. The first-order valence-electron chi connectivity index (χ1n) is 6.75. The molecule has 110 valence electrons. The van der Waals surface area contributed by atoms with Gasteiger partial charge in [-0.15, -0.1) is 11.3 Å². The highest BCUT2D eigenvalue weighted by molar-refractivity contribution is 7.15. The second-order valence-corrected chi connectivity index (χ2v) is 6.22. The maximum Gasteiger partial charge on any atom is 0.264 e. The molecule has 3 rings (SSSR count). The predicted octanol–water partition coefficient (Wildman–Crippen LogP) is 1.56. The summed E-state index contributed by atoms with van der Waals surface area (Å²) in [6, 6.07) is 3.34. The SMILES string of the molecule is Cn1cc([C@@H]2CCCN2C(=O)c2ccc(C(N)=O)s2)cn1. The number of likely N-dealkylation sites (tertiary alicyclic amines) is 1. The van der Waals surface area contributed by atoms with E-state index in [-0.39, 0.29) is 11.9 Å². The van der Waals surface area contributed by atoms with Crippen molar-refractivity contribution in [2.45, 2.75) is 18.9 Å². The summed E-state index contributed by atoms with van der Waals surface area (Å²) in [7, 11) is 1.86. The largest absolute Gasteiger partial charge is 0.365 e. The number of primary amides is 1. The third-order valence-corrected chi connectivity index (χ3v) is 4.77. The Balaban J connectivity index is 1.84. The Bertz CT molecular complexity index is 691. The number of nitrogens with two attached hydrogens (primary N) is 1. The zero-order chi connectivity index (χ0) is 15.0. The third kappa shape index (κ3) is 2.56. The van der Waals surface area contributed by atoms with Crippen molar-refractivity contribution in [3.63, 3.8) is 0 Å². The zero-order valence-electron chi connectivity index (χ0n) is 11.7. The minimum atomic E-state index is -0.496. The van der Waals surface area contributed by atoms with Gasteiger partial charge in [0.1, 0.15) is 0 Å². The van der Waals surface area contributed by atoms with Gasteiger partial charge in [-0.3, -0.25) is 14.3 Å². The molecule has 0 saturated carbocycles. The second kappa shape index (κ2) is 5.33. The molecule has 1 saturated heterocycles. The minimum absolute atomic E-state index is 0.0427. The molecule has 1 aliphatic rings. The van der Waals surface area contributed by atoms with Gasteiger partial charge in [-0.2, -0.15) is 5.10 Å². The third-order valence-electron chi connectivity index (χ3n) is 3.68. The van der Waals surface area contributed by atoms with Gasteiger partial charge in [0.15, 0.2) is 0 Å². The molecule has 2 aromatic heterocycles. The van der Waals surface area contributed by atoms with Gasteiger partial charge in [0, 0.05) is 25.4 Å². The maximum absolute atomic E-state index is 12.6. The van der Waals surface area contributed by atoms with Crippen LogP contribution in [-0.2, 0) is 7.05 Å². The lowest BCUT2D eigenvalue weighted by Crippen LogP contribution is -2.29. The van der Waals surface area contributed by atoms with Crippen molar-refractivity contribution in [3.8, 4) is 0 Å². The molecular weight excluding hydrogens is 288 g/mol. The molecule has 0 spiro atoms. The first-order valence-corrected chi connectivity index (χ1v) is 7.57. The van der Waals surface area contributed by atoms with E-state index in [1.54, 1.807) is 23.0 Å². The molecule has 7 heteroatoms. The van der Waals surface area contributed by atoms with Gasteiger partial charge in [0.05, 0.1) is 22.0 Å². The number of hydrogen-bond donors (Lipinski definition) is 1. The molecule has 0 aliphatic carbocycles. The molecule has 21 heavy (non-hydrogen) atoms. The van der Waals surface area contributed by atoms with Gasteiger partial charge in [0.2, 0.25) is 0 Å². The highest BCUT2D eigenvalue weighted by atomic mass is 32.1. The van der Waals surface area contributed by atoms with Crippen LogP contribution < -0.4 is 5.73 Å². The van der Waals surface area contributed by atoms with E-state index in [4.69, 9.17) is 5.73 Å². The van der Waals surface area contributed by atoms with Crippen molar-refractivity contribution in [3.05, 3.63) is 39.8 Å². The lowest BCUT2D eigenvalue weighted by Gasteiger charge is -2.23. The molecule has 0 aromatic carbocycles. The highest BCUT2D eigenvalue weighted by Gasteiger charge is 2.32. The van der Waals surface area contributed by atoms with Crippen LogP contribution >= 0.6 is 11.3 Å². The average molecular weight is 304 g/mol. The Morgan fingerprint density at radius 1 is 1.38 bits per heavy atom. The standard InChI is InChI=1S/C14H16N4O2S/c1-17-8-9(7-16-17)10-3-2-6-18(10)14(20)12-5-4-11(21-12)13(15)19/h4-5,7-8,10H,2-3,6H2,1H3,(H2,15,19)/t10-/m0/s1. The van der Waals surface area contributed by atoms with Crippen molar-refractivity contribution in [2.24, 2.45) is 12.8 Å².